The maximum atomic E-state index is 12.0. The summed E-state index contributed by atoms with van der Waals surface area (Å²) in [5.41, 5.74) is 6.24. The number of benzene rings is 1. The first-order valence-electron chi connectivity index (χ1n) is 8.00. The summed E-state index contributed by atoms with van der Waals surface area (Å²) in [6.45, 7) is 1.74. The molecule has 1 aromatic carbocycles. The van der Waals surface area contributed by atoms with Gasteiger partial charge in [0.1, 0.15) is 0 Å². The molecule has 2 rings (SSSR count). The third kappa shape index (κ3) is 6.85. The van der Waals surface area contributed by atoms with E-state index in [1.165, 1.54) is 11.8 Å². The van der Waals surface area contributed by atoms with Crippen LogP contribution >= 0.6 is 24.0 Å². The number of carbonyl (C=O) groups excluding carboxylic acids is 1. The highest BCUT2D eigenvalue weighted by molar-refractivity contribution is 8.00. The van der Waals surface area contributed by atoms with Crippen LogP contribution in [0.5, 0.6) is 0 Å². The Kier molecular flexibility index (Phi) is 7.90. The number of amides is 1. The largest absolute Gasteiger partial charge is 0.361 e. The van der Waals surface area contributed by atoms with Crippen molar-refractivity contribution >= 4 is 45.9 Å². The second-order valence-corrected chi connectivity index (χ2v) is 7.13. The van der Waals surface area contributed by atoms with E-state index in [-0.39, 0.29) is 11.7 Å². The molecule has 1 aromatic heterocycles. The van der Waals surface area contributed by atoms with Crippen molar-refractivity contribution in [1.82, 2.24) is 26.1 Å². The standard InChI is InChI=1S/C17H23N5OS2/c1-22(2)11-5-10-19-17(24)21-20-15(23)12-25-14-8-3-6-13-7-4-9-18-16(13)14/h3-4,6-9H,5,10-12H2,1-2H3,(H,20,23)(H2,19,21,24). The zero-order chi connectivity index (χ0) is 18.1. The minimum atomic E-state index is -0.143. The third-order valence-corrected chi connectivity index (χ3v) is 4.63. The predicted molar refractivity (Wildman–Crippen MR) is 108 cm³/mol. The van der Waals surface area contributed by atoms with Crippen LogP contribution in [-0.2, 0) is 4.79 Å². The lowest BCUT2D eigenvalue weighted by atomic mass is 10.2. The summed E-state index contributed by atoms with van der Waals surface area (Å²) in [7, 11) is 4.06. The van der Waals surface area contributed by atoms with Gasteiger partial charge in [-0.25, -0.2) is 0 Å². The van der Waals surface area contributed by atoms with Crippen molar-refractivity contribution in [3.63, 3.8) is 0 Å². The molecule has 0 saturated carbocycles. The van der Waals surface area contributed by atoms with Crippen LogP contribution < -0.4 is 16.2 Å². The minimum absolute atomic E-state index is 0.143. The number of thioether (sulfide) groups is 1. The molecule has 1 heterocycles. The number of fused-ring (bicyclic) bond motifs is 1. The van der Waals surface area contributed by atoms with Crippen LogP contribution in [0.15, 0.2) is 41.4 Å². The Labute approximate surface area is 157 Å². The molecule has 134 valence electrons. The summed E-state index contributed by atoms with van der Waals surface area (Å²) in [6.07, 6.45) is 2.74. The summed E-state index contributed by atoms with van der Waals surface area (Å²) in [5.74, 6) is 0.140. The lowest BCUT2D eigenvalue weighted by Crippen LogP contribution is -2.47. The Morgan fingerprint density at radius 2 is 2.04 bits per heavy atom. The molecule has 25 heavy (non-hydrogen) atoms. The highest BCUT2D eigenvalue weighted by atomic mass is 32.2. The number of carbonyl (C=O) groups is 1. The quantitative estimate of drug-likeness (QED) is 0.294. The lowest BCUT2D eigenvalue weighted by molar-refractivity contribution is -0.119. The first kappa shape index (κ1) is 19.4. The molecule has 0 saturated heterocycles. The van der Waals surface area contributed by atoms with E-state index in [0.29, 0.717) is 5.11 Å². The SMILES string of the molecule is CN(C)CCCNC(=S)NNC(=O)CSc1cccc2cccnc12. The molecule has 0 unspecified atom stereocenters. The van der Waals surface area contributed by atoms with E-state index in [1.54, 1.807) is 6.20 Å². The zero-order valence-corrected chi connectivity index (χ0v) is 16.0. The Bertz CT molecular complexity index is 718. The van der Waals surface area contributed by atoms with Gasteiger partial charge in [0.05, 0.1) is 11.3 Å². The van der Waals surface area contributed by atoms with Gasteiger partial charge in [-0.3, -0.25) is 20.6 Å². The van der Waals surface area contributed by atoms with Crippen molar-refractivity contribution in [1.29, 1.82) is 0 Å². The van der Waals surface area contributed by atoms with Crippen molar-refractivity contribution in [3.8, 4) is 0 Å². The maximum Gasteiger partial charge on any atom is 0.248 e. The van der Waals surface area contributed by atoms with E-state index < -0.39 is 0 Å². The maximum absolute atomic E-state index is 12.0. The van der Waals surface area contributed by atoms with E-state index >= 15 is 0 Å². The van der Waals surface area contributed by atoms with Crippen molar-refractivity contribution in [2.75, 3.05) is 32.9 Å². The number of hydrogen-bond donors (Lipinski definition) is 3. The predicted octanol–water partition coefficient (Wildman–Crippen LogP) is 1.77. The molecule has 1 amide bonds. The molecule has 0 aliphatic carbocycles. The van der Waals surface area contributed by atoms with Gasteiger partial charge >= 0.3 is 0 Å². The van der Waals surface area contributed by atoms with Crippen LogP contribution in [0.1, 0.15) is 6.42 Å². The Morgan fingerprint density at radius 3 is 2.84 bits per heavy atom. The summed E-state index contributed by atoms with van der Waals surface area (Å²) in [5, 5.41) is 4.54. The molecule has 0 aliphatic heterocycles. The zero-order valence-electron chi connectivity index (χ0n) is 14.4. The third-order valence-electron chi connectivity index (χ3n) is 3.34. The molecular formula is C17H23N5OS2. The lowest BCUT2D eigenvalue weighted by Gasteiger charge is -2.13. The van der Waals surface area contributed by atoms with Gasteiger partial charge < -0.3 is 10.2 Å². The number of para-hydroxylation sites is 1. The summed E-state index contributed by atoms with van der Waals surface area (Å²) >= 11 is 6.58. The van der Waals surface area contributed by atoms with Crippen LogP contribution in [0, 0.1) is 0 Å². The number of nitrogens with one attached hydrogen (secondary N) is 3. The van der Waals surface area contributed by atoms with Gasteiger partial charge in [0.15, 0.2) is 5.11 Å². The van der Waals surface area contributed by atoms with Gasteiger partial charge in [0, 0.05) is 23.0 Å². The molecule has 0 spiro atoms. The molecule has 2 aromatic rings. The fraction of sp³-hybridized carbons (Fsp3) is 0.353. The fourth-order valence-electron chi connectivity index (χ4n) is 2.14. The summed E-state index contributed by atoms with van der Waals surface area (Å²) < 4.78 is 0. The van der Waals surface area contributed by atoms with E-state index in [0.717, 1.165) is 35.3 Å². The van der Waals surface area contributed by atoms with Gasteiger partial charge in [-0.1, -0.05) is 18.2 Å². The Hall–Kier alpha value is -1.90. The van der Waals surface area contributed by atoms with Gasteiger partial charge in [-0.15, -0.1) is 11.8 Å². The molecule has 0 aliphatic rings. The highest BCUT2D eigenvalue weighted by Crippen LogP contribution is 2.25. The van der Waals surface area contributed by atoms with Gasteiger partial charge in [-0.05, 0) is 51.4 Å². The van der Waals surface area contributed by atoms with Crippen LogP contribution in [0.2, 0.25) is 0 Å². The molecule has 0 atom stereocenters. The van der Waals surface area contributed by atoms with E-state index in [9.17, 15) is 4.79 Å². The number of thiocarbonyl (C=S) groups is 1. The average molecular weight is 378 g/mol. The average Bonchev–Trinajstić information content (AvgIpc) is 2.61. The molecule has 0 fully saturated rings. The highest BCUT2D eigenvalue weighted by Gasteiger charge is 2.07. The van der Waals surface area contributed by atoms with Gasteiger partial charge in [0.2, 0.25) is 5.91 Å². The number of aromatic nitrogens is 1. The number of nitrogens with zero attached hydrogens (tertiary/aromatic N) is 2. The first-order chi connectivity index (χ1) is 12.1. The minimum Gasteiger partial charge on any atom is -0.361 e. The number of rotatable bonds is 7. The van der Waals surface area contributed by atoms with Crippen molar-refractivity contribution in [2.24, 2.45) is 0 Å². The second-order valence-electron chi connectivity index (χ2n) is 5.71. The van der Waals surface area contributed by atoms with E-state index in [4.69, 9.17) is 12.2 Å². The fourth-order valence-corrected chi connectivity index (χ4v) is 3.13. The topological polar surface area (TPSA) is 69.3 Å². The molecule has 0 radical (unpaired) electrons. The summed E-state index contributed by atoms with van der Waals surface area (Å²) in [4.78, 5) is 19.4. The summed E-state index contributed by atoms with van der Waals surface area (Å²) in [6, 6.07) is 9.86. The molecule has 6 nitrogen and oxygen atoms in total. The van der Waals surface area contributed by atoms with Gasteiger partial charge in [0.25, 0.3) is 0 Å². The molecule has 8 heteroatoms. The molecule has 3 N–H and O–H groups in total. The number of hydrogen-bond acceptors (Lipinski definition) is 5. The van der Waals surface area contributed by atoms with E-state index in [1.807, 2.05) is 44.4 Å². The smallest absolute Gasteiger partial charge is 0.248 e. The number of pyridine rings is 1. The van der Waals surface area contributed by atoms with Gasteiger partial charge in [-0.2, -0.15) is 0 Å². The van der Waals surface area contributed by atoms with E-state index in [2.05, 4.69) is 26.1 Å². The number of hydrazine groups is 1. The van der Waals surface area contributed by atoms with Crippen molar-refractivity contribution < 1.29 is 4.79 Å². The first-order valence-corrected chi connectivity index (χ1v) is 9.39. The van der Waals surface area contributed by atoms with Crippen LogP contribution in [-0.4, -0.2) is 53.8 Å². The van der Waals surface area contributed by atoms with Crippen LogP contribution in [0.4, 0.5) is 0 Å². The Balaban J connectivity index is 1.71. The van der Waals surface area contributed by atoms with Crippen molar-refractivity contribution in [2.45, 2.75) is 11.3 Å². The normalized spacial score (nSPS) is 10.7. The van der Waals surface area contributed by atoms with Crippen LogP contribution in [0.25, 0.3) is 10.9 Å². The Morgan fingerprint density at radius 1 is 1.24 bits per heavy atom. The van der Waals surface area contributed by atoms with Crippen LogP contribution in [0.3, 0.4) is 0 Å². The molecule has 0 bridgehead atoms. The van der Waals surface area contributed by atoms with Crippen molar-refractivity contribution in [3.05, 3.63) is 36.5 Å². The second kappa shape index (κ2) is 10.2. The monoisotopic (exact) mass is 377 g/mol. The molecular weight excluding hydrogens is 354 g/mol.